The van der Waals surface area contributed by atoms with Crippen LogP contribution in [-0.4, -0.2) is 57.9 Å². The predicted octanol–water partition coefficient (Wildman–Crippen LogP) is 5.23. The van der Waals surface area contributed by atoms with E-state index in [0.29, 0.717) is 40.1 Å². The highest BCUT2D eigenvalue weighted by molar-refractivity contribution is 6.31. The average Bonchev–Trinajstić information content (AvgIpc) is 3.56. The lowest BCUT2D eigenvalue weighted by atomic mass is 9.98. The minimum Gasteiger partial charge on any atom is -0.427 e. The number of benzene rings is 2. The van der Waals surface area contributed by atoms with Gasteiger partial charge in [-0.3, -0.25) is 9.59 Å². The normalized spacial score (nSPS) is 18.9. The quantitative estimate of drug-likeness (QED) is 0.289. The Balaban J connectivity index is 1.17. The molecule has 43 heavy (non-hydrogen) atoms. The van der Waals surface area contributed by atoms with Crippen molar-refractivity contribution < 1.29 is 19.2 Å². The Labute approximate surface area is 253 Å². The van der Waals surface area contributed by atoms with Crippen LogP contribution in [0.1, 0.15) is 54.7 Å². The van der Waals surface area contributed by atoms with E-state index in [2.05, 4.69) is 20.2 Å². The molecule has 2 N–H and O–H groups in total. The third-order valence-electron chi connectivity index (χ3n) is 7.67. The van der Waals surface area contributed by atoms with E-state index < -0.39 is 17.8 Å². The van der Waals surface area contributed by atoms with Crippen molar-refractivity contribution in [2.75, 3.05) is 18.0 Å². The summed E-state index contributed by atoms with van der Waals surface area (Å²) in [7, 11) is 0. The van der Waals surface area contributed by atoms with Gasteiger partial charge in [0, 0.05) is 41.0 Å². The maximum atomic E-state index is 13.5. The van der Waals surface area contributed by atoms with Gasteiger partial charge in [0.1, 0.15) is 11.4 Å². The molecule has 4 aromatic rings. The lowest BCUT2D eigenvalue weighted by molar-refractivity contribution is -0.152. The molecule has 6 rings (SSSR count). The summed E-state index contributed by atoms with van der Waals surface area (Å²) in [5, 5.41) is 5.72. The predicted molar refractivity (Wildman–Crippen MR) is 163 cm³/mol. The molecule has 2 aromatic carbocycles. The lowest BCUT2D eigenvalue weighted by Gasteiger charge is -2.33. The van der Waals surface area contributed by atoms with Crippen molar-refractivity contribution in [3.8, 4) is 0 Å². The van der Waals surface area contributed by atoms with E-state index in [-0.39, 0.29) is 23.4 Å². The third kappa shape index (κ3) is 6.07. The first-order valence-corrected chi connectivity index (χ1v) is 14.5. The van der Waals surface area contributed by atoms with Crippen LogP contribution in [0.2, 0.25) is 5.02 Å². The molecular weight excluding hydrogens is 570 g/mol. The summed E-state index contributed by atoms with van der Waals surface area (Å²) in [4.78, 5) is 54.4. The third-order valence-corrected chi connectivity index (χ3v) is 7.90. The Morgan fingerprint density at radius 3 is 2.53 bits per heavy atom. The Bertz CT molecular complexity index is 1720. The van der Waals surface area contributed by atoms with Crippen molar-refractivity contribution in [3.63, 3.8) is 0 Å². The van der Waals surface area contributed by atoms with Crippen molar-refractivity contribution in [1.82, 2.24) is 20.3 Å². The van der Waals surface area contributed by atoms with Crippen molar-refractivity contribution in [2.24, 2.45) is 0 Å². The topological polar surface area (TPSA) is 117 Å². The van der Waals surface area contributed by atoms with Crippen LogP contribution < -0.4 is 15.6 Å². The number of hydroxylamine groups is 2. The molecular formula is C32H32ClN5O5. The molecule has 2 aromatic heterocycles. The van der Waals surface area contributed by atoms with Crippen LogP contribution in [0.3, 0.4) is 0 Å². The Hall–Kier alpha value is -4.41. The van der Waals surface area contributed by atoms with Crippen LogP contribution in [0.5, 0.6) is 0 Å². The number of nitrogens with one attached hydrogen (secondary N) is 2. The molecule has 11 heteroatoms. The molecule has 4 heterocycles. The van der Waals surface area contributed by atoms with Crippen LogP contribution in [-0.2, 0) is 9.57 Å². The molecule has 2 aliphatic rings. The monoisotopic (exact) mass is 601 g/mol. The van der Waals surface area contributed by atoms with Gasteiger partial charge in [-0.2, -0.15) is 0 Å². The number of nitrogens with zero attached hydrogens (tertiary/aromatic N) is 3. The summed E-state index contributed by atoms with van der Waals surface area (Å²) >= 11 is 6.11. The van der Waals surface area contributed by atoms with Crippen LogP contribution in [0.25, 0.3) is 10.9 Å². The van der Waals surface area contributed by atoms with Gasteiger partial charge in [0.25, 0.3) is 5.91 Å². The summed E-state index contributed by atoms with van der Waals surface area (Å²) in [5.74, 6) is 0.383. The first-order chi connectivity index (χ1) is 20.6. The van der Waals surface area contributed by atoms with Crippen molar-refractivity contribution in [3.05, 3.63) is 105 Å². The number of piperazine rings is 1. The van der Waals surface area contributed by atoms with E-state index in [1.54, 1.807) is 62.5 Å². The van der Waals surface area contributed by atoms with Gasteiger partial charge < -0.3 is 24.8 Å². The van der Waals surface area contributed by atoms with E-state index in [4.69, 9.17) is 21.2 Å². The summed E-state index contributed by atoms with van der Waals surface area (Å²) in [6.45, 7) is 6.56. The summed E-state index contributed by atoms with van der Waals surface area (Å²) in [5.41, 5.74) is 1.35. The molecule has 2 aliphatic heterocycles. The van der Waals surface area contributed by atoms with Crippen molar-refractivity contribution in [2.45, 2.75) is 50.9 Å². The highest BCUT2D eigenvalue weighted by atomic mass is 35.5. The minimum atomic E-state index is -0.705. The van der Waals surface area contributed by atoms with Gasteiger partial charge in [0.15, 0.2) is 5.43 Å². The minimum absolute atomic E-state index is 0.0324. The lowest BCUT2D eigenvalue weighted by Crippen LogP contribution is -2.47. The fourth-order valence-electron chi connectivity index (χ4n) is 5.70. The van der Waals surface area contributed by atoms with E-state index in [9.17, 15) is 14.4 Å². The molecule has 3 atom stereocenters. The van der Waals surface area contributed by atoms with Gasteiger partial charge in [0.2, 0.25) is 0 Å². The number of rotatable bonds is 6. The highest BCUT2D eigenvalue weighted by Crippen LogP contribution is 2.34. The van der Waals surface area contributed by atoms with Crippen molar-refractivity contribution in [1.29, 1.82) is 0 Å². The average molecular weight is 602 g/mol. The summed E-state index contributed by atoms with van der Waals surface area (Å²) in [6.07, 6.45) is 3.29. The maximum Gasteiger partial charge on any atom is 0.528 e. The Kier molecular flexibility index (Phi) is 7.57. The zero-order valence-electron chi connectivity index (χ0n) is 24.0. The number of fused-ring (bicyclic) bond motifs is 3. The first kappa shape index (κ1) is 28.7. The van der Waals surface area contributed by atoms with Crippen LogP contribution in [0.15, 0.2) is 77.9 Å². The number of hydrogen-bond donors (Lipinski definition) is 2. The second-order valence-electron chi connectivity index (χ2n) is 11.8. The zero-order valence-corrected chi connectivity index (χ0v) is 24.8. The standard InChI is InChI=1S/C32H32ClN5O5/c1-32(2,3)42-31(41)43-38-18-22-14-23(38)17-37(22)27-12-9-20(15-35-27)30(40)36-28(19-7-5-4-6-8-19)25-16-34-26-13-21(33)10-11-24(26)29(25)39/h4-13,15-16,22-23,28H,14,17-18H2,1-3H3,(H,34,39)(H,36,40)/t22-,23-,28?/m0/s1. The summed E-state index contributed by atoms with van der Waals surface area (Å²) in [6, 6.07) is 17.4. The molecule has 1 amide bonds. The van der Waals surface area contributed by atoms with Gasteiger partial charge in [-0.1, -0.05) is 41.9 Å². The second-order valence-corrected chi connectivity index (χ2v) is 12.3. The second kappa shape index (κ2) is 11.3. The number of carbonyl (C=O) groups is 2. The number of H-pyrrole nitrogens is 1. The number of aromatic nitrogens is 2. The smallest absolute Gasteiger partial charge is 0.427 e. The van der Waals surface area contributed by atoms with Gasteiger partial charge in [-0.25, -0.2) is 9.78 Å². The number of anilines is 1. The number of ether oxygens (including phenoxy) is 1. The maximum absolute atomic E-state index is 13.5. The van der Waals surface area contributed by atoms with Crippen LogP contribution >= 0.6 is 11.6 Å². The number of pyridine rings is 2. The summed E-state index contributed by atoms with van der Waals surface area (Å²) < 4.78 is 5.28. The van der Waals surface area contributed by atoms with E-state index in [1.165, 1.54) is 0 Å². The molecule has 2 saturated heterocycles. The van der Waals surface area contributed by atoms with E-state index in [0.717, 1.165) is 17.8 Å². The molecule has 222 valence electrons. The van der Waals surface area contributed by atoms with E-state index >= 15 is 0 Å². The van der Waals surface area contributed by atoms with Gasteiger partial charge in [-0.15, -0.1) is 5.06 Å². The highest BCUT2D eigenvalue weighted by Gasteiger charge is 2.46. The molecule has 2 bridgehead atoms. The molecule has 1 unspecified atom stereocenters. The molecule has 2 fully saturated rings. The van der Waals surface area contributed by atoms with Gasteiger partial charge in [0.05, 0.1) is 29.7 Å². The van der Waals surface area contributed by atoms with Crippen molar-refractivity contribution >= 4 is 40.4 Å². The van der Waals surface area contributed by atoms with Crippen LogP contribution in [0.4, 0.5) is 10.6 Å². The molecule has 10 nitrogen and oxygen atoms in total. The SMILES string of the molecule is CC(C)(C)OC(=O)ON1C[C@@H]2C[C@H]1CN2c1ccc(C(=O)NC(c2ccccc2)c2c[nH]c3cc(Cl)ccc3c2=O)cn1. The number of amides is 1. The fraction of sp³-hybridized carbons (Fsp3) is 0.312. The number of aromatic amines is 1. The molecule has 0 aliphatic carbocycles. The molecule has 0 radical (unpaired) electrons. The first-order valence-electron chi connectivity index (χ1n) is 14.1. The van der Waals surface area contributed by atoms with Gasteiger partial charge >= 0.3 is 6.16 Å². The van der Waals surface area contributed by atoms with E-state index in [1.807, 2.05) is 36.4 Å². The number of hydrogen-bond acceptors (Lipinski definition) is 8. The fourth-order valence-corrected chi connectivity index (χ4v) is 5.88. The Morgan fingerprint density at radius 2 is 1.86 bits per heavy atom. The Morgan fingerprint density at radius 1 is 1.07 bits per heavy atom. The largest absolute Gasteiger partial charge is 0.528 e. The number of halogens is 1. The van der Waals surface area contributed by atoms with Gasteiger partial charge in [-0.05, 0) is 63.1 Å². The molecule has 0 saturated carbocycles. The molecule has 0 spiro atoms. The number of carbonyl (C=O) groups excluding carboxylic acids is 2. The van der Waals surface area contributed by atoms with Crippen LogP contribution in [0, 0.1) is 0 Å². The zero-order chi connectivity index (χ0) is 30.3.